The number of phenolic OH excluding ortho intramolecular Hbond substituents is 1. The van der Waals surface area contributed by atoms with Gasteiger partial charge in [0, 0.05) is 15.6 Å². The van der Waals surface area contributed by atoms with Crippen LogP contribution in [-0.4, -0.2) is 15.1 Å². The lowest BCUT2D eigenvalue weighted by atomic mass is 10.0. The van der Waals surface area contributed by atoms with E-state index in [0.29, 0.717) is 11.3 Å². The molecular formula is C17H14BrN3O. The molecule has 3 N–H and O–H groups in total. The number of aryl methyl sites for hydroxylation is 1. The summed E-state index contributed by atoms with van der Waals surface area (Å²) in [4.78, 5) is 8.56. The lowest BCUT2D eigenvalue weighted by Gasteiger charge is -2.10. The summed E-state index contributed by atoms with van der Waals surface area (Å²) in [7, 11) is 0. The van der Waals surface area contributed by atoms with Crippen molar-refractivity contribution in [3.63, 3.8) is 0 Å². The monoisotopic (exact) mass is 355 g/mol. The smallest absolute Gasteiger partial charge is 0.221 e. The van der Waals surface area contributed by atoms with Crippen LogP contribution < -0.4 is 5.73 Å². The topological polar surface area (TPSA) is 72.0 Å². The van der Waals surface area contributed by atoms with E-state index in [1.807, 2.05) is 37.3 Å². The van der Waals surface area contributed by atoms with E-state index in [9.17, 15) is 5.11 Å². The van der Waals surface area contributed by atoms with Gasteiger partial charge in [-0.25, -0.2) is 9.97 Å². The van der Waals surface area contributed by atoms with Crippen molar-refractivity contribution in [2.45, 2.75) is 6.92 Å². The molecule has 5 heteroatoms. The molecule has 0 spiro atoms. The number of nitrogens with two attached hydrogens (primary N) is 1. The van der Waals surface area contributed by atoms with Gasteiger partial charge in [-0.15, -0.1) is 0 Å². The molecule has 0 saturated heterocycles. The molecular weight excluding hydrogens is 342 g/mol. The zero-order chi connectivity index (χ0) is 15.7. The fraction of sp³-hybridized carbons (Fsp3) is 0.0588. The molecule has 0 bridgehead atoms. The summed E-state index contributed by atoms with van der Waals surface area (Å²) in [5.74, 6) is 0.326. The Hall–Kier alpha value is -2.40. The molecule has 0 radical (unpaired) electrons. The van der Waals surface area contributed by atoms with Crippen LogP contribution in [0.25, 0.3) is 22.5 Å². The maximum absolute atomic E-state index is 10.1. The van der Waals surface area contributed by atoms with Crippen molar-refractivity contribution in [3.8, 4) is 28.3 Å². The molecule has 0 unspecified atom stereocenters. The summed E-state index contributed by atoms with van der Waals surface area (Å²) < 4.78 is 0.856. The molecule has 0 amide bonds. The van der Waals surface area contributed by atoms with Crippen molar-refractivity contribution in [1.29, 1.82) is 0 Å². The molecule has 22 heavy (non-hydrogen) atoms. The van der Waals surface area contributed by atoms with Gasteiger partial charge >= 0.3 is 0 Å². The van der Waals surface area contributed by atoms with E-state index in [1.165, 1.54) is 0 Å². The summed E-state index contributed by atoms with van der Waals surface area (Å²) in [5.41, 5.74) is 9.88. The number of hydrogen-bond acceptors (Lipinski definition) is 4. The SMILES string of the molecule is Cc1ccccc1-c1cc(-c2cc(Br)ccc2O)nc(N)n1. The van der Waals surface area contributed by atoms with Gasteiger partial charge in [0.15, 0.2) is 0 Å². The van der Waals surface area contributed by atoms with Crippen molar-refractivity contribution in [3.05, 3.63) is 58.6 Å². The maximum atomic E-state index is 10.1. The Labute approximate surface area is 136 Å². The number of aromatic nitrogens is 2. The normalized spacial score (nSPS) is 10.6. The van der Waals surface area contributed by atoms with Crippen LogP contribution in [0, 0.1) is 6.92 Å². The van der Waals surface area contributed by atoms with E-state index in [0.717, 1.165) is 21.3 Å². The number of benzene rings is 2. The highest BCUT2D eigenvalue weighted by Crippen LogP contribution is 2.33. The van der Waals surface area contributed by atoms with Crippen LogP contribution in [0.4, 0.5) is 5.95 Å². The van der Waals surface area contributed by atoms with Crippen molar-refractivity contribution in [1.82, 2.24) is 9.97 Å². The van der Waals surface area contributed by atoms with Crippen LogP contribution >= 0.6 is 15.9 Å². The molecule has 0 saturated carbocycles. The number of hydrogen-bond donors (Lipinski definition) is 2. The Balaban J connectivity index is 2.19. The summed E-state index contributed by atoms with van der Waals surface area (Å²) in [6.07, 6.45) is 0. The Morgan fingerprint density at radius 3 is 2.36 bits per heavy atom. The molecule has 2 aromatic carbocycles. The Bertz CT molecular complexity index is 849. The molecule has 0 atom stereocenters. The zero-order valence-corrected chi connectivity index (χ0v) is 13.5. The number of halogens is 1. The molecule has 0 aliphatic carbocycles. The van der Waals surface area contributed by atoms with Crippen molar-refractivity contribution in [2.75, 3.05) is 5.73 Å². The zero-order valence-electron chi connectivity index (χ0n) is 11.9. The van der Waals surface area contributed by atoms with E-state index in [2.05, 4.69) is 25.9 Å². The fourth-order valence-electron chi connectivity index (χ4n) is 2.32. The summed E-state index contributed by atoms with van der Waals surface area (Å²) in [6, 6.07) is 15.0. The first kappa shape index (κ1) is 14.5. The van der Waals surface area contributed by atoms with E-state index < -0.39 is 0 Å². The third kappa shape index (κ3) is 2.80. The number of phenols is 1. The third-order valence-corrected chi connectivity index (χ3v) is 3.89. The van der Waals surface area contributed by atoms with E-state index in [-0.39, 0.29) is 11.7 Å². The van der Waals surface area contributed by atoms with Gasteiger partial charge < -0.3 is 10.8 Å². The lowest BCUT2D eigenvalue weighted by Crippen LogP contribution is -1.99. The molecule has 0 aliphatic heterocycles. The molecule has 3 aromatic rings. The summed E-state index contributed by atoms with van der Waals surface area (Å²) >= 11 is 3.40. The fourth-order valence-corrected chi connectivity index (χ4v) is 2.68. The standard InChI is InChI=1S/C17H14BrN3O/c1-10-4-2-3-5-12(10)14-9-15(21-17(19)20-14)13-8-11(18)6-7-16(13)22/h2-9,22H,1H3,(H2,19,20,21). The van der Waals surface area contributed by atoms with Crippen LogP contribution in [0.1, 0.15) is 5.56 Å². The van der Waals surface area contributed by atoms with Crippen molar-refractivity contribution < 1.29 is 5.11 Å². The minimum Gasteiger partial charge on any atom is -0.507 e. The van der Waals surface area contributed by atoms with Gasteiger partial charge in [-0.1, -0.05) is 40.2 Å². The van der Waals surface area contributed by atoms with Crippen LogP contribution in [-0.2, 0) is 0 Å². The first-order valence-corrected chi connectivity index (χ1v) is 7.53. The quantitative estimate of drug-likeness (QED) is 0.723. The molecule has 1 heterocycles. The molecule has 110 valence electrons. The Kier molecular flexibility index (Phi) is 3.81. The van der Waals surface area contributed by atoms with Gasteiger partial charge in [-0.3, -0.25) is 0 Å². The highest BCUT2D eigenvalue weighted by Gasteiger charge is 2.12. The first-order chi connectivity index (χ1) is 10.5. The van der Waals surface area contributed by atoms with Gasteiger partial charge in [0.2, 0.25) is 5.95 Å². The Morgan fingerprint density at radius 1 is 0.955 bits per heavy atom. The molecule has 0 fully saturated rings. The average Bonchev–Trinajstić information content (AvgIpc) is 2.49. The van der Waals surface area contributed by atoms with E-state index in [1.54, 1.807) is 18.2 Å². The molecule has 4 nitrogen and oxygen atoms in total. The van der Waals surface area contributed by atoms with Crippen molar-refractivity contribution >= 4 is 21.9 Å². The highest BCUT2D eigenvalue weighted by atomic mass is 79.9. The Morgan fingerprint density at radius 2 is 1.64 bits per heavy atom. The molecule has 0 aliphatic rings. The van der Waals surface area contributed by atoms with Crippen LogP contribution in [0.2, 0.25) is 0 Å². The first-order valence-electron chi connectivity index (χ1n) is 6.74. The third-order valence-electron chi connectivity index (χ3n) is 3.40. The number of nitrogens with zero attached hydrogens (tertiary/aromatic N) is 2. The minimum atomic E-state index is 0.150. The maximum Gasteiger partial charge on any atom is 0.221 e. The predicted molar refractivity (Wildman–Crippen MR) is 91.4 cm³/mol. The van der Waals surface area contributed by atoms with Gasteiger partial charge in [0.05, 0.1) is 11.4 Å². The van der Waals surface area contributed by atoms with Crippen molar-refractivity contribution in [2.24, 2.45) is 0 Å². The second-order valence-electron chi connectivity index (χ2n) is 4.97. The minimum absolute atomic E-state index is 0.150. The van der Waals surface area contributed by atoms with Gasteiger partial charge in [-0.2, -0.15) is 0 Å². The lowest BCUT2D eigenvalue weighted by molar-refractivity contribution is 0.477. The highest BCUT2D eigenvalue weighted by molar-refractivity contribution is 9.10. The summed E-state index contributed by atoms with van der Waals surface area (Å²) in [5, 5.41) is 10.1. The average molecular weight is 356 g/mol. The van der Waals surface area contributed by atoms with E-state index >= 15 is 0 Å². The van der Waals surface area contributed by atoms with E-state index in [4.69, 9.17) is 5.73 Å². The second kappa shape index (κ2) is 5.77. The number of aromatic hydroxyl groups is 1. The largest absolute Gasteiger partial charge is 0.507 e. The van der Waals surface area contributed by atoms with Gasteiger partial charge in [0.25, 0.3) is 0 Å². The van der Waals surface area contributed by atoms with Crippen LogP contribution in [0.15, 0.2) is 53.0 Å². The number of anilines is 1. The second-order valence-corrected chi connectivity index (χ2v) is 5.89. The predicted octanol–water partition coefficient (Wildman–Crippen LogP) is 4.17. The number of nitrogen functional groups attached to an aromatic ring is 1. The molecule has 3 rings (SSSR count). The van der Waals surface area contributed by atoms with Gasteiger partial charge in [0.1, 0.15) is 5.75 Å². The number of rotatable bonds is 2. The summed E-state index contributed by atoms with van der Waals surface area (Å²) in [6.45, 7) is 2.02. The van der Waals surface area contributed by atoms with Crippen LogP contribution in [0.5, 0.6) is 5.75 Å². The van der Waals surface area contributed by atoms with Gasteiger partial charge in [-0.05, 0) is 36.8 Å². The molecule has 1 aromatic heterocycles. The van der Waals surface area contributed by atoms with Crippen LogP contribution in [0.3, 0.4) is 0 Å².